The SMILES string of the molecule is NC(=O)c1cnc(NC2CCCCC2)nc1N[C@H]1CC[C@H](O)CC1. The van der Waals surface area contributed by atoms with Gasteiger partial charge in [0.1, 0.15) is 5.82 Å². The third-order valence-electron chi connectivity index (χ3n) is 5.03. The van der Waals surface area contributed by atoms with Gasteiger partial charge in [0.25, 0.3) is 5.91 Å². The van der Waals surface area contributed by atoms with Gasteiger partial charge in [-0.25, -0.2) is 4.98 Å². The van der Waals surface area contributed by atoms with Crippen LogP contribution in [-0.2, 0) is 0 Å². The third-order valence-corrected chi connectivity index (χ3v) is 5.03. The maximum Gasteiger partial charge on any atom is 0.254 e. The molecular weight excluding hydrogens is 306 g/mol. The van der Waals surface area contributed by atoms with E-state index in [0.717, 1.165) is 38.5 Å². The minimum atomic E-state index is -0.530. The van der Waals surface area contributed by atoms with E-state index in [1.54, 1.807) is 0 Å². The lowest BCUT2D eigenvalue weighted by Gasteiger charge is -2.27. The van der Waals surface area contributed by atoms with Crippen LogP contribution in [0.25, 0.3) is 0 Å². The second-order valence-electron chi connectivity index (χ2n) is 6.95. The maximum atomic E-state index is 11.7. The van der Waals surface area contributed by atoms with Crippen LogP contribution < -0.4 is 16.4 Å². The van der Waals surface area contributed by atoms with Gasteiger partial charge in [0.05, 0.1) is 11.7 Å². The fourth-order valence-electron chi connectivity index (χ4n) is 3.58. The molecule has 0 aliphatic heterocycles. The monoisotopic (exact) mass is 333 g/mol. The largest absolute Gasteiger partial charge is 0.393 e. The summed E-state index contributed by atoms with van der Waals surface area (Å²) in [6.07, 6.45) is 10.5. The van der Waals surface area contributed by atoms with Gasteiger partial charge in [-0.2, -0.15) is 4.98 Å². The molecule has 2 aliphatic rings. The molecule has 132 valence electrons. The minimum Gasteiger partial charge on any atom is -0.393 e. The molecule has 0 atom stereocenters. The van der Waals surface area contributed by atoms with Gasteiger partial charge < -0.3 is 21.5 Å². The topological polar surface area (TPSA) is 113 Å². The van der Waals surface area contributed by atoms with Gasteiger partial charge in [-0.15, -0.1) is 0 Å². The first-order chi connectivity index (χ1) is 11.6. The molecule has 7 heteroatoms. The quantitative estimate of drug-likeness (QED) is 0.656. The summed E-state index contributed by atoms with van der Waals surface area (Å²) in [5, 5.41) is 16.3. The molecule has 2 fully saturated rings. The Morgan fingerprint density at radius 2 is 1.71 bits per heavy atom. The van der Waals surface area contributed by atoms with Gasteiger partial charge in [-0.1, -0.05) is 19.3 Å². The van der Waals surface area contributed by atoms with E-state index in [-0.39, 0.29) is 12.1 Å². The van der Waals surface area contributed by atoms with Gasteiger partial charge in [-0.05, 0) is 38.5 Å². The Bertz CT molecular complexity index is 566. The van der Waals surface area contributed by atoms with E-state index in [2.05, 4.69) is 20.6 Å². The molecule has 0 aromatic carbocycles. The molecular formula is C17H27N5O2. The molecule has 0 saturated heterocycles. The smallest absolute Gasteiger partial charge is 0.254 e. The zero-order valence-corrected chi connectivity index (χ0v) is 14.0. The zero-order chi connectivity index (χ0) is 16.9. The fraction of sp³-hybridized carbons (Fsp3) is 0.706. The van der Waals surface area contributed by atoms with Crippen molar-refractivity contribution in [1.82, 2.24) is 9.97 Å². The molecule has 0 spiro atoms. The van der Waals surface area contributed by atoms with E-state index in [0.29, 0.717) is 23.4 Å². The van der Waals surface area contributed by atoms with Crippen molar-refractivity contribution in [2.24, 2.45) is 5.73 Å². The predicted octanol–water partition coefficient (Wildman–Crippen LogP) is 2.04. The number of carbonyl (C=O) groups excluding carboxylic acids is 1. The Kier molecular flexibility index (Phi) is 5.50. The van der Waals surface area contributed by atoms with Crippen molar-refractivity contribution in [2.75, 3.05) is 10.6 Å². The first kappa shape index (κ1) is 17.0. The Morgan fingerprint density at radius 3 is 2.38 bits per heavy atom. The van der Waals surface area contributed by atoms with Crippen LogP contribution in [-0.4, -0.2) is 39.2 Å². The van der Waals surface area contributed by atoms with Crippen LogP contribution in [0, 0.1) is 0 Å². The molecule has 0 radical (unpaired) electrons. The van der Waals surface area contributed by atoms with Gasteiger partial charge in [0.15, 0.2) is 0 Å². The first-order valence-electron chi connectivity index (χ1n) is 9.00. The normalized spacial score (nSPS) is 25.2. The molecule has 1 amide bonds. The number of nitrogens with zero attached hydrogens (tertiary/aromatic N) is 2. The molecule has 1 aromatic rings. The van der Waals surface area contributed by atoms with Crippen molar-refractivity contribution in [3.8, 4) is 0 Å². The number of anilines is 2. The summed E-state index contributed by atoms with van der Waals surface area (Å²) in [6, 6.07) is 0.597. The summed E-state index contributed by atoms with van der Waals surface area (Å²) in [5.41, 5.74) is 5.77. The number of carbonyl (C=O) groups is 1. The number of primary amides is 1. The van der Waals surface area contributed by atoms with E-state index < -0.39 is 5.91 Å². The lowest BCUT2D eigenvalue weighted by molar-refractivity contribution is 0.1000. The molecule has 2 aliphatic carbocycles. The van der Waals surface area contributed by atoms with Crippen molar-refractivity contribution in [1.29, 1.82) is 0 Å². The molecule has 0 unspecified atom stereocenters. The summed E-state index contributed by atoms with van der Waals surface area (Å²) < 4.78 is 0. The summed E-state index contributed by atoms with van der Waals surface area (Å²) in [4.78, 5) is 20.4. The number of aromatic nitrogens is 2. The maximum absolute atomic E-state index is 11.7. The molecule has 0 bridgehead atoms. The van der Waals surface area contributed by atoms with E-state index in [1.807, 2.05) is 0 Å². The molecule has 1 heterocycles. The highest BCUT2D eigenvalue weighted by atomic mass is 16.3. The zero-order valence-electron chi connectivity index (χ0n) is 14.0. The summed E-state index contributed by atoms with van der Waals surface area (Å²) in [7, 11) is 0. The van der Waals surface area contributed by atoms with Crippen LogP contribution in [0.5, 0.6) is 0 Å². The van der Waals surface area contributed by atoms with E-state index in [4.69, 9.17) is 5.73 Å². The van der Waals surface area contributed by atoms with E-state index in [1.165, 1.54) is 25.5 Å². The molecule has 3 rings (SSSR count). The van der Waals surface area contributed by atoms with Crippen molar-refractivity contribution in [2.45, 2.75) is 76.0 Å². The molecule has 5 N–H and O–H groups in total. The van der Waals surface area contributed by atoms with Crippen molar-refractivity contribution in [3.63, 3.8) is 0 Å². The summed E-state index contributed by atoms with van der Waals surface area (Å²) in [5.74, 6) is 0.514. The number of nitrogens with two attached hydrogens (primary N) is 1. The molecule has 2 saturated carbocycles. The molecule has 1 aromatic heterocycles. The Balaban J connectivity index is 1.71. The lowest BCUT2D eigenvalue weighted by atomic mass is 9.93. The third kappa shape index (κ3) is 4.35. The van der Waals surface area contributed by atoms with Crippen LogP contribution in [0.4, 0.5) is 11.8 Å². The number of amides is 1. The highest BCUT2D eigenvalue weighted by Crippen LogP contribution is 2.25. The number of hydrogen-bond acceptors (Lipinski definition) is 6. The van der Waals surface area contributed by atoms with Crippen molar-refractivity contribution < 1.29 is 9.90 Å². The number of aliphatic hydroxyl groups excluding tert-OH is 1. The van der Waals surface area contributed by atoms with Crippen LogP contribution in [0.2, 0.25) is 0 Å². The average Bonchev–Trinajstić information content (AvgIpc) is 2.58. The standard InChI is InChI=1S/C17H27N5O2/c18-15(24)14-10-19-17(21-11-4-2-1-3-5-11)22-16(14)20-12-6-8-13(23)9-7-12/h10-13,23H,1-9H2,(H2,18,24)(H2,19,20,21,22)/t12-,13-. The van der Waals surface area contributed by atoms with Gasteiger partial charge in [0, 0.05) is 18.3 Å². The van der Waals surface area contributed by atoms with Crippen LogP contribution in [0.1, 0.15) is 68.1 Å². The van der Waals surface area contributed by atoms with Crippen LogP contribution >= 0.6 is 0 Å². The summed E-state index contributed by atoms with van der Waals surface area (Å²) in [6.45, 7) is 0. The Morgan fingerprint density at radius 1 is 1.04 bits per heavy atom. The number of aliphatic hydroxyl groups is 1. The molecule has 7 nitrogen and oxygen atoms in total. The van der Waals surface area contributed by atoms with Crippen molar-refractivity contribution >= 4 is 17.7 Å². The van der Waals surface area contributed by atoms with Gasteiger partial charge in [-0.3, -0.25) is 4.79 Å². The molecule has 24 heavy (non-hydrogen) atoms. The average molecular weight is 333 g/mol. The minimum absolute atomic E-state index is 0.198. The summed E-state index contributed by atoms with van der Waals surface area (Å²) >= 11 is 0. The van der Waals surface area contributed by atoms with Crippen LogP contribution in [0.3, 0.4) is 0 Å². The van der Waals surface area contributed by atoms with Crippen molar-refractivity contribution in [3.05, 3.63) is 11.8 Å². The fourth-order valence-corrected chi connectivity index (χ4v) is 3.58. The lowest BCUT2D eigenvalue weighted by Crippen LogP contribution is -2.30. The van der Waals surface area contributed by atoms with Crippen LogP contribution in [0.15, 0.2) is 6.20 Å². The van der Waals surface area contributed by atoms with Gasteiger partial charge >= 0.3 is 0 Å². The second kappa shape index (κ2) is 7.79. The highest BCUT2D eigenvalue weighted by molar-refractivity contribution is 5.97. The Hall–Kier alpha value is -1.89. The predicted molar refractivity (Wildman–Crippen MR) is 92.9 cm³/mol. The number of hydrogen-bond donors (Lipinski definition) is 4. The van der Waals surface area contributed by atoms with Gasteiger partial charge in [0.2, 0.25) is 5.95 Å². The number of rotatable bonds is 5. The van der Waals surface area contributed by atoms with E-state index in [9.17, 15) is 9.90 Å². The van der Waals surface area contributed by atoms with E-state index >= 15 is 0 Å². The Labute approximate surface area is 142 Å². The highest BCUT2D eigenvalue weighted by Gasteiger charge is 2.22. The second-order valence-corrected chi connectivity index (χ2v) is 6.95. The number of nitrogens with one attached hydrogen (secondary N) is 2. The first-order valence-corrected chi connectivity index (χ1v) is 9.00.